The molecule has 19 nitrogen and oxygen atoms in total. The molecular weight excluding hydrogens is 1610 g/mol. The van der Waals surface area contributed by atoms with Crippen LogP contribution in [0, 0.1) is 40.9 Å². The van der Waals surface area contributed by atoms with E-state index in [9.17, 15) is 55.2 Å². The van der Waals surface area contributed by atoms with Gasteiger partial charge in [-0.1, -0.05) is 215 Å². The summed E-state index contributed by atoms with van der Waals surface area (Å²) in [6.07, 6.45) is 24.9. The van der Waals surface area contributed by atoms with Crippen LogP contribution < -0.4 is 0 Å². The Morgan fingerprint density at radius 2 is 0.836 bits per heavy atom. The molecule has 0 aliphatic heterocycles. The van der Waals surface area contributed by atoms with E-state index in [1.54, 1.807) is 19.1 Å². The van der Waals surface area contributed by atoms with Crippen LogP contribution in [0.3, 0.4) is 0 Å². The molecule has 0 amide bonds. The normalized spacial score (nSPS) is 22.5. The number of carbonyl (C=O) groups is 3. The molecule has 7 rings (SSSR count). The summed E-state index contributed by atoms with van der Waals surface area (Å²) in [6.45, 7) is 21.4. The number of ether oxygens (including phenoxy) is 2. The lowest BCUT2D eigenvalue weighted by Crippen LogP contribution is -2.48. The molecule has 122 heavy (non-hydrogen) atoms. The molecule has 0 spiro atoms. The Labute approximate surface area is 737 Å². The Morgan fingerprint density at radius 1 is 0.467 bits per heavy atom. The molecule has 9 N–H and O–H groups in total. The third-order valence-electron chi connectivity index (χ3n) is 27.4. The van der Waals surface area contributed by atoms with Crippen molar-refractivity contribution in [2.45, 2.75) is 356 Å². The van der Waals surface area contributed by atoms with Crippen molar-refractivity contribution in [2.24, 2.45) is 40.9 Å². The first-order valence-electron chi connectivity index (χ1n) is 46.7. The highest BCUT2D eigenvalue weighted by Gasteiger charge is 2.55. The number of aliphatic hydroxyl groups excluding tert-OH is 8. The van der Waals surface area contributed by atoms with Crippen LogP contribution in [0.25, 0.3) is 0 Å². The Kier molecular flexibility index (Phi) is 50.5. The first-order chi connectivity index (χ1) is 58.6. The van der Waals surface area contributed by atoms with Crippen molar-refractivity contribution in [3.63, 3.8) is 0 Å². The van der Waals surface area contributed by atoms with Crippen molar-refractivity contribution in [1.29, 1.82) is 0 Å². The molecule has 0 saturated heterocycles. The fraction of sp³-hybridized carbons (Fsp3) is 0.667. The molecule has 0 bridgehead atoms. The number of benzene rings is 4. The number of methoxy groups -OCH3 is 1. The number of aliphatic carboxylic acids is 1. The number of sulfone groups is 1. The minimum absolute atomic E-state index is 0.00736. The number of carboxylic acid groups (broad SMARTS) is 1. The predicted molar refractivity (Wildman–Crippen MR) is 498 cm³/mol. The van der Waals surface area contributed by atoms with Gasteiger partial charge in [0.1, 0.15) is 6.61 Å². The summed E-state index contributed by atoms with van der Waals surface area (Å²) >= 11 is 0. The SMILES string of the molecule is CC[Si](CC)(CC)O[C@@H](CCc1ccccc1)CC([C@@H]1[C@@H](C/C=C\CCCC(=O)OCC(C)(CO)CO)[C@@H](O[Si](CC)(CC)CC)C[C@H]1O[Si](CC)(CC)CC)S(=O)(=O)c1ccccc1.COC(=O)CCC/C=C\C[C@@H]1[C@@H](CC[C@@H](O)CCc2ccccc2)[C@H](O)C[C@@H]1O.O=C(O)CCC/C=C\C[C@@H]1[C@@H](CC[C@@H](O)CCc2ccccc2)[C@H](O)C[C@@H]1O. The van der Waals surface area contributed by atoms with Gasteiger partial charge in [0.25, 0.3) is 0 Å². The Bertz CT molecular complexity index is 3650. The number of aliphatic hydroxyl groups is 8. The van der Waals surface area contributed by atoms with Crippen LogP contribution in [0.4, 0.5) is 0 Å². The summed E-state index contributed by atoms with van der Waals surface area (Å²) in [5.74, 6) is -1.78. The van der Waals surface area contributed by atoms with E-state index in [2.05, 4.69) is 128 Å². The average Bonchev–Trinajstić information content (AvgIpc) is 1.58. The molecule has 3 aliphatic rings. The zero-order chi connectivity index (χ0) is 89.6. The molecular formula is C99H160O19SSi3. The molecule has 4 aromatic rings. The van der Waals surface area contributed by atoms with E-state index in [4.69, 9.17) is 23.1 Å². The highest BCUT2D eigenvalue weighted by atomic mass is 32.2. The maximum atomic E-state index is 15.8. The number of unbranched alkanes of at least 4 members (excludes halogenated alkanes) is 3. The van der Waals surface area contributed by atoms with Gasteiger partial charge >= 0.3 is 17.9 Å². The highest BCUT2D eigenvalue weighted by molar-refractivity contribution is 7.92. The average molecular weight is 1770 g/mol. The van der Waals surface area contributed by atoms with Gasteiger partial charge in [-0.05, 0) is 260 Å². The summed E-state index contributed by atoms with van der Waals surface area (Å²) in [5, 5.41) is 89.1. The predicted octanol–water partition coefficient (Wildman–Crippen LogP) is 19.0. The number of rotatable bonds is 57. The number of allylic oxidation sites excluding steroid dienone is 6. The van der Waals surface area contributed by atoms with Crippen LogP contribution in [0.15, 0.2) is 163 Å². The number of hydrogen-bond acceptors (Lipinski definition) is 18. The number of carbonyl (C=O) groups excluding carboxylic acids is 2. The van der Waals surface area contributed by atoms with E-state index in [0.717, 1.165) is 99.3 Å². The van der Waals surface area contributed by atoms with Gasteiger partial charge in [0.05, 0.1) is 79.3 Å². The van der Waals surface area contributed by atoms with Gasteiger partial charge in [0.2, 0.25) is 0 Å². The molecule has 0 radical (unpaired) electrons. The molecule has 23 heteroatoms. The molecule has 3 aliphatic carbocycles. The van der Waals surface area contributed by atoms with Crippen molar-refractivity contribution in [1.82, 2.24) is 0 Å². The van der Waals surface area contributed by atoms with Gasteiger partial charge in [0, 0.05) is 36.7 Å². The topological polar surface area (TPSA) is 314 Å². The van der Waals surface area contributed by atoms with E-state index in [0.29, 0.717) is 114 Å². The third-order valence-corrected chi connectivity index (χ3v) is 43.6. The van der Waals surface area contributed by atoms with Crippen molar-refractivity contribution in [3.8, 4) is 0 Å². The van der Waals surface area contributed by atoms with Crippen LogP contribution in [-0.2, 0) is 66.2 Å². The van der Waals surface area contributed by atoms with Crippen molar-refractivity contribution in [3.05, 3.63) is 174 Å². The second-order valence-corrected chi connectivity index (χ2v) is 51.7. The second-order valence-electron chi connectivity index (χ2n) is 35.4. The van der Waals surface area contributed by atoms with Gasteiger partial charge in [-0.15, -0.1) is 0 Å². The first-order valence-corrected chi connectivity index (χ1v) is 55.9. The maximum absolute atomic E-state index is 15.8. The maximum Gasteiger partial charge on any atom is 0.305 e. The third kappa shape index (κ3) is 36.1. The number of aryl methyl sites for hydroxylation is 3. The summed E-state index contributed by atoms with van der Waals surface area (Å²) in [6, 6.07) is 48.7. The molecule has 1 unspecified atom stereocenters. The number of hydrogen-bond donors (Lipinski definition) is 9. The van der Waals surface area contributed by atoms with Crippen molar-refractivity contribution >= 4 is 52.7 Å². The summed E-state index contributed by atoms with van der Waals surface area (Å²) in [4.78, 5) is 34.6. The highest BCUT2D eigenvalue weighted by Crippen LogP contribution is 2.50. The second kappa shape index (κ2) is 57.5. The zero-order valence-corrected chi connectivity index (χ0v) is 80.0. The fourth-order valence-electron chi connectivity index (χ4n) is 18.5. The lowest BCUT2D eigenvalue weighted by molar-refractivity contribution is -0.149. The Morgan fingerprint density at radius 3 is 1.23 bits per heavy atom. The largest absolute Gasteiger partial charge is 0.481 e. The molecule has 3 fully saturated rings. The molecule has 4 aromatic carbocycles. The van der Waals surface area contributed by atoms with Crippen LogP contribution in [0.1, 0.15) is 234 Å². The smallest absolute Gasteiger partial charge is 0.305 e. The van der Waals surface area contributed by atoms with Crippen molar-refractivity contribution < 1.29 is 91.5 Å². The standard InChI is InChI=1S/C52H90O9SSi3.C24H36O5.C23H34O5/c1-11-63(12-2,13-3)59-44(37-36-43-30-24-22-25-31-43)38-49(62(56,57)45-32-26-23-27-33-45)51-46(34-28-20-21-29-35-50(55)58-42-52(10,40-53)41-54)47(60-64(14-4,15-5)16-6)39-48(51)61-65(17-7,18-8)19-9;1-29-24(28)12-8-3-2-7-11-20-21(23(27)17-22(20)26)16-15-19(25)14-13-18-9-5-4-6-10-18;24-18(13-12-17-8-4-3-5-9-17)14-15-20-19(21(25)16-22(20)26)10-6-1-2-7-11-23(27)28/h20,22-28,30-33,44,46-49,51,53-54H,11-19,21,29,34-42H2,1-10H3;2,4-7,9-10,19-23,25-27H,3,8,11-17H2,1H3;1,3-6,8-9,18-22,24-26H,2,7,10-16H2,(H,27,28)/b28-20-;7-2-;6-1-/t44-,46-,47-,48+,49?,51+;19-,20+,21+,22-,23+;18-,19+,20+,21-,22+/m000/s1. The molecule has 0 heterocycles. The first kappa shape index (κ1) is 107. The summed E-state index contributed by atoms with van der Waals surface area (Å²) < 4.78 is 64.2. The van der Waals surface area contributed by atoms with Gasteiger partial charge in [-0.2, -0.15) is 0 Å². The van der Waals surface area contributed by atoms with E-state index >= 15 is 8.42 Å². The van der Waals surface area contributed by atoms with Gasteiger partial charge in [-0.3, -0.25) is 14.4 Å². The lowest BCUT2D eigenvalue weighted by Gasteiger charge is -2.41. The number of esters is 2. The lowest BCUT2D eigenvalue weighted by atomic mass is 9.85. The van der Waals surface area contributed by atoms with Crippen LogP contribution in [-0.4, -0.2) is 184 Å². The van der Waals surface area contributed by atoms with E-state index < -0.39 is 88.0 Å². The molecule has 16 atom stereocenters. The minimum Gasteiger partial charge on any atom is -0.481 e. The summed E-state index contributed by atoms with van der Waals surface area (Å²) in [5.41, 5.74) is 2.79. The molecule has 3 saturated carbocycles. The van der Waals surface area contributed by atoms with Crippen molar-refractivity contribution in [2.75, 3.05) is 26.9 Å². The Balaban J connectivity index is 0.000000379. The molecule has 0 aromatic heterocycles. The van der Waals surface area contributed by atoms with Crippen LogP contribution in [0.2, 0.25) is 54.4 Å². The van der Waals surface area contributed by atoms with Gasteiger partial charge in [0.15, 0.2) is 34.8 Å². The molecule has 688 valence electrons. The van der Waals surface area contributed by atoms with Gasteiger partial charge in [-0.25, -0.2) is 8.42 Å². The van der Waals surface area contributed by atoms with Crippen LogP contribution in [0.5, 0.6) is 0 Å². The minimum atomic E-state index is -3.91. The summed E-state index contributed by atoms with van der Waals surface area (Å²) in [7, 11) is -9.10. The number of carboxylic acids is 1. The van der Waals surface area contributed by atoms with E-state index in [-0.39, 0.29) is 98.4 Å². The van der Waals surface area contributed by atoms with E-state index in [1.165, 1.54) is 23.8 Å². The quantitative estimate of drug-likeness (QED) is 0.00858. The monoisotopic (exact) mass is 1770 g/mol. The Hall–Kier alpha value is -5.33. The van der Waals surface area contributed by atoms with Crippen LogP contribution >= 0.6 is 0 Å². The zero-order valence-electron chi connectivity index (χ0n) is 76.1. The van der Waals surface area contributed by atoms with Gasteiger partial charge < -0.3 is 68.7 Å². The van der Waals surface area contributed by atoms with E-state index in [1.807, 2.05) is 85.0 Å². The fourth-order valence-corrected chi connectivity index (χ4v) is 29.4.